The van der Waals surface area contributed by atoms with Crippen LogP contribution in [0.1, 0.15) is 40.8 Å². The molecule has 4 rings (SSSR count). The van der Waals surface area contributed by atoms with Gasteiger partial charge >= 0.3 is 5.97 Å². The standard InChI is InChI=1S/C21H20N4O2S/c1-2-24-19(18(23-21(24)28)16-9-3-4-11-22-16)17-10-6-12-25(17)15-8-5-7-14(13-15)20(26)27/h3-13,18-19H,2H2,1H3,(H,23,28)(H,26,27). The minimum absolute atomic E-state index is 0.0594. The normalized spacial score (nSPS) is 18.9. The fourth-order valence-electron chi connectivity index (χ4n) is 3.73. The highest BCUT2D eigenvalue weighted by molar-refractivity contribution is 7.80. The molecule has 1 aliphatic heterocycles. The average Bonchev–Trinajstić information content (AvgIpc) is 3.32. The van der Waals surface area contributed by atoms with E-state index in [9.17, 15) is 9.90 Å². The molecule has 0 radical (unpaired) electrons. The Morgan fingerprint density at radius 1 is 1.21 bits per heavy atom. The number of benzene rings is 1. The second kappa shape index (κ2) is 7.44. The van der Waals surface area contributed by atoms with Crippen LogP contribution in [0.5, 0.6) is 0 Å². The fourth-order valence-corrected chi connectivity index (χ4v) is 4.10. The topological polar surface area (TPSA) is 70.4 Å². The van der Waals surface area contributed by atoms with Gasteiger partial charge in [-0.05, 0) is 61.6 Å². The lowest BCUT2D eigenvalue weighted by molar-refractivity contribution is 0.0697. The number of carbonyl (C=O) groups is 1. The van der Waals surface area contributed by atoms with Crippen LogP contribution in [-0.2, 0) is 0 Å². The first-order chi connectivity index (χ1) is 13.6. The predicted octanol–water partition coefficient (Wildman–Crippen LogP) is 3.56. The lowest BCUT2D eigenvalue weighted by Gasteiger charge is -2.28. The zero-order valence-electron chi connectivity index (χ0n) is 15.3. The molecular formula is C21H20N4O2S. The fraction of sp³-hybridized carbons (Fsp3) is 0.190. The Kier molecular flexibility index (Phi) is 4.83. The number of carboxylic acid groups (broad SMARTS) is 1. The van der Waals surface area contributed by atoms with E-state index in [1.165, 1.54) is 0 Å². The van der Waals surface area contributed by atoms with Crippen molar-refractivity contribution in [3.63, 3.8) is 0 Å². The largest absolute Gasteiger partial charge is 0.478 e. The zero-order chi connectivity index (χ0) is 19.7. The molecule has 3 heterocycles. The summed E-state index contributed by atoms with van der Waals surface area (Å²) in [5.74, 6) is -0.944. The molecule has 28 heavy (non-hydrogen) atoms. The van der Waals surface area contributed by atoms with Gasteiger partial charge in [0.15, 0.2) is 5.11 Å². The summed E-state index contributed by atoms with van der Waals surface area (Å²) in [6.45, 7) is 2.82. The molecule has 142 valence electrons. The average molecular weight is 392 g/mol. The molecule has 0 spiro atoms. The van der Waals surface area contributed by atoms with Gasteiger partial charge < -0.3 is 19.9 Å². The molecule has 0 amide bonds. The van der Waals surface area contributed by atoms with Crippen molar-refractivity contribution in [1.82, 2.24) is 19.8 Å². The SMILES string of the molecule is CCN1C(=S)NC(c2ccccn2)C1c1cccn1-c1cccc(C(=O)O)c1. The quantitative estimate of drug-likeness (QED) is 0.647. The maximum absolute atomic E-state index is 11.4. The molecule has 1 fully saturated rings. The molecule has 3 aromatic rings. The van der Waals surface area contributed by atoms with E-state index < -0.39 is 5.97 Å². The predicted molar refractivity (Wildman–Crippen MR) is 111 cm³/mol. The van der Waals surface area contributed by atoms with Crippen LogP contribution >= 0.6 is 12.2 Å². The van der Waals surface area contributed by atoms with Gasteiger partial charge in [-0.1, -0.05) is 12.1 Å². The number of rotatable bonds is 5. The molecule has 2 aromatic heterocycles. The first-order valence-corrected chi connectivity index (χ1v) is 9.50. The molecular weight excluding hydrogens is 372 g/mol. The summed E-state index contributed by atoms with van der Waals surface area (Å²) in [5, 5.41) is 13.4. The number of carboxylic acids is 1. The van der Waals surface area contributed by atoms with Crippen LogP contribution in [0, 0.1) is 0 Å². The molecule has 6 nitrogen and oxygen atoms in total. The maximum atomic E-state index is 11.4. The van der Waals surface area contributed by atoms with Crippen molar-refractivity contribution < 1.29 is 9.90 Å². The van der Waals surface area contributed by atoms with Crippen LogP contribution in [0.15, 0.2) is 67.0 Å². The summed E-state index contributed by atoms with van der Waals surface area (Å²) in [5.41, 5.74) is 2.99. The highest BCUT2D eigenvalue weighted by atomic mass is 32.1. The van der Waals surface area contributed by atoms with E-state index in [2.05, 4.69) is 22.1 Å². The van der Waals surface area contributed by atoms with Crippen molar-refractivity contribution in [3.05, 3.63) is 83.9 Å². The van der Waals surface area contributed by atoms with E-state index >= 15 is 0 Å². The lowest BCUT2D eigenvalue weighted by Crippen LogP contribution is -2.30. The molecule has 2 N–H and O–H groups in total. The Morgan fingerprint density at radius 2 is 2.07 bits per heavy atom. The van der Waals surface area contributed by atoms with Gasteiger partial charge in [0.05, 0.1) is 23.3 Å². The first-order valence-electron chi connectivity index (χ1n) is 9.09. The molecule has 1 aliphatic rings. The van der Waals surface area contributed by atoms with Gasteiger partial charge in [0, 0.05) is 30.3 Å². The number of nitrogens with zero attached hydrogens (tertiary/aromatic N) is 3. The summed E-state index contributed by atoms with van der Waals surface area (Å²) < 4.78 is 2.02. The van der Waals surface area contributed by atoms with Crippen LogP contribution in [0.4, 0.5) is 0 Å². The van der Waals surface area contributed by atoms with Gasteiger partial charge in [-0.15, -0.1) is 0 Å². The van der Waals surface area contributed by atoms with Gasteiger partial charge in [0.2, 0.25) is 0 Å². The van der Waals surface area contributed by atoms with Crippen LogP contribution in [0.3, 0.4) is 0 Å². The van der Waals surface area contributed by atoms with Crippen LogP contribution < -0.4 is 5.32 Å². The summed E-state index contributed by atoms with van der Waals surface area (Å²) in [4.78, 5) is 18.1. The Morgan fingerprint density at radius 3 is 2.79 bits per heavy atom. The summed E-state index contributed by atoms with van der Waals surface area (Å²) in [6.07, 6.45) is 3.72. The summed E-state index contributed by atoms with van der Waals surface area (Å²) in [6, 6.07) is 16.6. The zero-order valence-corrected chi connectivity index (χ0v) is 16.1. The number of aromatic carboxylic acids is 1. The Labute approximate surface area is 168 Å². The lowest BCUT2D eigenvalue weighted by atomic mass is 10.0. The maximum Gasteiger partial charge on any atom is 0.335 e. The molecule has 2 unspecified atom stereocenters. The van der Waals surface area contributed by atoms with Crippen LogP contribution in [0.25, 0.3) is 5.69 Å². The van der Waals surface area contributed by atoms with Gasteiger partial charge in [-0.25, -0.2) is 4.79 Å². The van der Waals surface area contributed by atoms with E-state index in [0.29, 0.717) is 5.11 Å². The van der Waals surface area contributed by atoms with E-state index in [4.69, 9.17) is 12.2 Å². The number of aromatic nitrogens is 2. The van der Waals surface area contributed by atoms with Crippen LogP contribution in [-0.4, -0.2) is 37.2 Å². The summed E-state index contributed by atoms with van der Waals surface area (Å²) >= 11 is 5.58. The van der Waals surface area contributed by atoms with Crippen molar-refractivity contribution >= 4 is 23.3 Å². The van der Waals surface area contributed by atoms with Gasteiger partial charge in [-0.2, -0.15) is 0 Å². The second-order valence-electron chi connectivity index (χ2n) is 6.57. The minimum atomic E-state index is -0.944. The van der Waals surface area contributed by atoms with E-state index in [1.807, 2.05) is 47.2 Å². The summed E-state index contributed by atoms with van der Waals surface area (Å²) in [7, 11) is 0. The third-order valence-electron chi connectivity index (χ3n) is 4.99. The number of hydrogen-bond acceptors (Lipinski definition) is 3. The molecule has 0 bridgehead atoms. The third kappa shape index (κ3) is 3.14. The monoisotopic (exact) mass is 392 g/mol. The molecule has 2 atom stereocenters. The van der Waals surface area contributed by atoms with Crippen molar-refractivity contribution in [2.24, 2.45) is 0 Å². The van der Waals surface area contributed by atoms with Crippen LogP contribution in [0.2, 0.25) is 0 Å². The van der Waals surface area contributed by atoms with Crippen molar-refractivity contribution in [3.8, 4) is 5.69 Å². The van der Waals surface area contributed by atoms with Gasteiger partial charge in [0.25, 0.3) is 0 Å². The highest BCUT2D eigenvalue weighted by Gasteiger charge is 2.40. The van der Waals surface area contributed by atoms with Gasteiger partial charge in [0.1, 0.15) is 0 Å². The first kappa shape index (κ1) is 18.2. The smallest absolute Gasteiger partial charge is 0.335 e. The number of pyridine rings is 1. The van der Waals surface area contributed by atoms with E-state index in [-0.39, 0.29) is 17.6 Å². The van der Waals surface area contributed by atoms with E-state index in [1.54, 1.807) is 24.4 Å². The van der Waals surface area contributed by atoms with Crippen molar-refractivity contribution in [2.45, 2.75) is 19.0 Å². The Balaban J connectivity index is 1.81. The number of likely N-dealkylation sites (N-methyl/N-ethyl adjacent to an activating group) is 1. The number of nitrogens with one attached hydrogen (secondary N) is 1. The molecule has 1 aromatic carbocycles. The van der Waals surface area contributed by atoms with Gasteiger partial charge in [-0.3, -0.25) is 4.98 Å². The third-order valence-corrected chi connectivity index (χ3v) is 5.35. The minimum Gasteiger partial charge on any atom is -0.478 e. The number of hydrogen-bond donors (Lipinski definition) is 2. The van der Waals surface area contributed by atoms with Crippen molar-refractivity contribution in [2.75, 3.05) is 6.54 Å². The number of thiocarbonyl (C=S) groups is 1. The molecule has 7 heteroatoms. The molecule has 1 saturated heterocycles. The van der Waals surface area contributed by atoms with Crippen molar-refractivity contribution in [1.29, 1.82) is 0 Å². The molecule has 0 saturated carbocycles. The Bertz CT molecular complexity index is 1020. The Hall–Kier alpha value is -3.19. The molecule has 0 aliphatic carbocycles. The highest BCUT2D eigenvalue weighted by Crippen LogP contribution is 2.39. The van der Waals surface area contributed by atoms with E-state index in [0.717, 1.165) is 23.6 Å². The second-order valence-corrected chi connectivity index (χ2v) is 6.96.